The largest absolute Gasteiger partial charge is 0.395 e. The normalized spacial score (nSPS) is 23.9. The first-order valence-corrected chi connectivity index (χ1v) is 6.51. The topological polar surface area (TPSA) is 81.7 Å². The van der Waals surface area contributed by atoms with Crippen molar-refractivity contribution in [2.75, 3.05) is 26.2 Å². The van der Waals surface area contributed by atoms with Crippen LogP contribution in [0.4, 0.5) is 4.79 Å². The van der Waals surface area contributed by atoms with Crippen molar-refractivity contribution in [1.29, 1.82) is 0 Å². The minimum atomic E-state index is -0.449. The van der Waals surface area contributed by atoms with Crippen molar-refractivity contribution in [1.82, 2.24) is 15.5 Å². The Labute approximate surface area is 108 Å². The maximum Gasteiger partial charge on any atom is 0.321 e. The summed E-state index contributed by atoms with van der Waals surface area (Å²) in [4.78, 5) is 24.9. The van der Waals surface area contributed by atoms with Gasteiger partial charge < -0.3 is 10.4 Å². The molecule has 3 N–H and O–H groups in total. The first-order chi connectivity index (χ1) is 8.58. The molecule has 2 atom stereocenters. The highest BCUT2D eigenvalue weighted by Crippen LogP contribution is 2.22. The number of likely N-dealkylation sites (tertiary alicyclic amines) is 1. The molecule has 0 radical (unpaired) electrons. The lowest BCUT2D eigenvalue weighted by Crippen LogP contribution is -2.46. The second-order valence-corrected chi connectivity index (χ2v) is 4.79. The molecule has 0 aromatic heterocycles. The van der Waals surface area contributed by atoms with E-state index in [-0.39, 0.29) is 25.1 Å². The molecule has 18 heavy (non-hydrogen) atoms. The van der Waals surface area contributed by atoms with E-state index in [1.54, 1.807) is 0 Å². The second kappa shape index (κ2) is 7.33. The molecular weight excluding hydrogens is 234 g/mol. The SMILES string of the molecule is CCCNC(=O)NC(=O)CN1CCC(C)C1CO. The Kier molecular flexibility index (Phi) is 6.07. The molecule has 0 saturated carbocycles. The molecule has 1 aliphatic rings. The number of rotatable bonds is 5. The summed E-state index contributed by atoms with van der Waals surface area (Å²) in [6.45, 7) is 5.56. The van der Waals surface area contributed by atoms with E-state index in [0.717, 1.165) is 19.4 Å². The Balaban J connectivity index is 2.33. The highest BCUT2D eigenvalue weighted by atomic mass is 16.3. The highest BCUT2D eigenvalue weighted by Gasteiger charge is 2.31. The molecule has 0 spiro atoms. The number of urea groups is 1. The van der Waals surface area contributed by atoms with Crippen LogP contribution in [0.3, 0.4) is 0 Å². The number of carbonyl (C=O) groups is 2. The van der Waals surface area contributed by atoms with Gasteiger partial charge in [0.15, 0.2) is 0 Å². The summed E-state index contributed by atoms with van der Waals surface area (Å²) in [6, 6.07) is -0.427. The predicted molar refractivity (Wildman–Crippen MR) is 68.1 cm³/mol. The predicted octanol–water partition coefficient (Wildman–Crippen LogP) is -0.0751. The summed E-state index contributed by atoms with van der Waals surface area (Å²) in [6.07, 6.45) is 1.80. The molecule has 2 unspecified atom stereocenters. The zero-order valence-corrected chi connectivity index (χ0v) is 11.1. The molecule has 0 bridgehead atoms. The fourth-order valence-corrected chi connectivity index (χ4v) is 2.21. The lowest BCUT2D eigenvalue weighted by atomic mass is 10.0. The fraction of sp³-hybridized carbons (Fsp3) is 0.833. The van der Waals surface area contributed by atoms with Crippen molar-refractivity contribution in [3.63, 3.8) is 0 Å². The minimum Gasteiger partial charge on any atom is -0.395 e. The second-order valence-electron chi connectivity index (χ2n) is 4.79. The maximum absolute atomic E-state index is 11.6. The van der Waals surface area contributed by atoms with E-state index in [9.17, 15) is 14.7 Å². The van der Waals surface area contributed by atoms with Gasteiger partial charge in [-0.3, -0.25) is 15.0 Å². The summed E-state index contributed by atoms with van der Waals surface area (Å²) >= 11 is 0. The van der Waals surface area contributed by atoms with E-state index in [1.807, 2.05) is 11.8 Å². The average molecular weight is 257 g/mol. The van der Waals surface area contributed by atoms with Crippen LogP contribution < -0.4 is 10.6 Å². The van der Waals surface area contributed by atoms with E-state index in [4.69, 9.17) is 0 Å². The van der Waals surface area contributed by atoms with E-state index >= 15 is 0 Å². The van der Waals surface area contributed by atoms with E-state index in [1.165, 1.54) is 0 Å². The summed E-state index contributed by atoms with van der Waals surface area (Å²) in [5, 5.41) is 14.1. The number of aliphatic hydroxyl groups excluding tert-OH is 1. The van der Waals surface area contributed by atoms with Crippen LogP contribution in [0.25, 0.3) is 0 Å². The van der Waals surface area contributed by atoms with Gasteiger partial charge in [-0.05, 0) is 25.3 Å². The van der Waals surface area contributed by atoms with Crippen LogP contribution in [0.1, 0.15) is 26.7 Å². The molecule has 1 heterocycles. The summed E-state index contributed by atoms with van der Waals surface area (Å²) in [7, 11) is 0. The number of aliphatic hydroxyl groups is 1. The Morgan fingerprint density at radius 3 is 2.78 bits per heavy atom. The van der Waals surface area contributed by atoms with Gasteiger partial charge in [0.2, 0.25) is 5.91 Å². The quantitative estimate of drug-likeness (QED) is 0.643. The fourth-order valence-electron chi connectivity index (χ4n) is 2.21. The van der Waals surface area contributed by atoms with Crippen LogP contribution in [-0.4, -0.2) is 54.2 Å². The number of carbonyl (C=O) groups excluding carboxylic acids is 2. The van der Waals surface area contributed by atoms with Gasteiger partial charge in [0.05, 0.1) is 13.2 Å². The van der Waals surface area contributed by atoms with Crippen LogP contribution in [0.2, 0.25) is 0 Å². The summed E-state index contributed by atoms with van der Waals surface area (Å²) < 4.78 is 0. The number of amides is 3. The van der Waals surface area contributed by atoms with Gasteiger partial charge >= 0.3 is 6.03 Å². The van der Waals surface area contributed by atoms with Gasteiger partial charge in [-0.2, -0.15) is 0 Å². The zero-order chi connectivity index (χ0) is 13.5. The Morgan fingerprint density at radius 2 is 2.17 bits per heavy atom. The Hall–Kier alpha value is -1.14. The molecule has 0 aliphatic carbocycles. The highest BCUT2D eigenvalue weighted by molar-refractivity contribution is 5.95. The molecule has 6 nitrogen and oxygen atoms in total. The summed E-state index contributed by atoms with van der Waals surface area (Å²) in [5.74, 6) is 0.0628. The van der Waals surface area contributed by atoms with Crippen LogP contribution in [0.15, 0.2) is 0 Å². The first kappa shape index (κ1) is 14.9. The van der Waals surface area contributed by atoms with E-state index in [2.05, 4.69) is 17.6 Å². The molecule has 1 aliphatic heterocycles. The zero-order valence-electron chi connectivity index (χ0n) is 11.1. The number of nitrogens with one attached hydrogen (secondary N) is 2. The van der Waals surface area contributed by atoms with Crippen molar-refractivity contribution < 1.29 is 14.7 Å². The van der Waals surface area contributed by atoms with Crippen molar-refractivity contribution in [2.45, 2.75) is 32.7 Å². The minimum absolute atomic E-state index is 0.0226. The maximum atomic E-state index is 11.6. The third-order valence-corrected chi connectivity index (χ3v) is 3.32. The molecule has 1 fully saturated rings. The van der Waals surface area contributed by atoms with Gasteiger partial charge in [0.1, 0.15) is 0 Å². The molecule has 0 aromatic rings. The Morgan fingerprint density at radius 1 is 1.44 bits per heavy atom. The van der Waals surface area contributed by atoms with Crippen molar-refractivity contribution >= 4 is 11.9 Å². The van der Waals surface area contributed by atoms with Crippen molar-refractivity contribution in [2.24, 2.45) is 5.92 Å². The molecule has 1 rings (SSSR count). The lowest BCUT2D eigenvalue weighted by molar-refractivity contribution is -0.121. The van der Waals surface area contributed by atoms with Gasteiger partial charge in [-0.1, -0.05) is 13.8 Å². The third kappa shape index (κ3) is 4.27. The molecule has 6 heteroatoms. The van der Waals surface area contributed by atoms with E-state index in [0.29, 0.717) is 12.5 Å². The van der Waals surface area contributed by atoms with Crippen LogP contribution in [-0.2, 0) is 4.79 Å². The van der Waals surface area contributed by atoms with E-state index < -0.39 is 6.03 Å². The standard InChI is InChI=1S/C12H23N3O3/c1-3-5-13-12(18)14-11(17)7-15-6-4-9(2)10(15)8-16/h9-10,16H,3-8H2,1-2H3,(H2,13,14,17,18). The third-order valence-electron chi connectivity index (χ3n) is 3.32. The molecule has 3 amide bonds. The first-order valence-electron chi connectivity index (χ1n) is 6.51. The molecule has 1 saturated heterocycles. The molecule has 0 aromatic carbocycles. The average Bonchev–Trinajstić information content (AvgIpc) is 2.67. The van der Waals surface area contributed by atoms with Gasteiger partial charge in [-0.25, -0.2) is 4.79 Å². The number of hydrogen-bond acceptors (Lipinski definition) is 4. The van der Waals surface area contributed by atoms with Gasteiger partial charge in [0, 0.05) is 12.6 Å². The van der Waals surface area contributed by atoms with Crippen molar-refractivity contribution in [3.05, 3.63) is 0 Å². The summed E-state index contributed by atoms with van der Waals surface area (Å²) in [5.41, 5.74) is 0. The molecular formula is C12H23N3O3. The lowest BCUT2D eigenvalue weighted by Gasteiger charge is -2.24. The smallest absolute Gasteiger partial charge is 0.321 e. The van der Waals surface area contributed by atoms with Crippen LogP contribution in [0.5, 0.6) is 0 Å². The van der Waals surface area contributed by atoms with Crippen LogP contribution >= 0.6 is 0 Å². The van der Waals surface area contributed by atoms with Gasteiger partial charge in [-0.15, -0.1) is 0 Å². The number of imide groups is 1. The Bertz CT molecular complexity index is 296. The van der Waals surface area contributed by atoms with Crippen LogP contribution in [0, 0.1) is 5.92 Å². The van der Waals surface area contributed by atoms with Gasteiger partial charge in [0.25, 0.3) is 0 Å². The number of hydrogen-bond donors (Lipinski definition) is 3. The molecule has 104 valence electrons. The monoisotopic (exact) mass is 257 g/mol. The van der Waals surface area contributed by atoms with Crippen molar-refractivity contribution in [3.8, 4) is 0 Å². The number of nitrogens with zero attached hydrogens (tertiary/aromatic N) is 1.